The molecule has 0 amide bonds. The number of methoxy groups -OCH3 is 1. The summed E-state index contributed by atoms with van der Waals surface area (Å²) in [5.74, 6) is 0.655. The fourth-order valence-corrected chi connectivity index (χ4v) is 1.47. The highest BCUT2D eigenvalue weighted by atomic mass is 35.5. The SMILES string of the molecule is COc1c(Cl)cccc1CCN=[N+]=[N-]. The van der Waals surface area contributed by atoms with E-state index >= 15 is 0 Å². The zero-order valence-electron chi connectivity index (χ0n) is 7.77. The molecule has 0 aliphatic heterocycles. The van der Waals surface area contributed by atoms with Crippen molar-refractivity contribution >= 4 is 11.6 Å². The van der Waals surface area contributed by atoms with Crippen molar-refractivity contribution < 1.29 is 4.74 Å². The third-order valence-corrected chi connectivity index (χ3v) is 2.09. The predicted octanol–water partition coefficient (Wildman–Crippen LogP) is 3.20. The number of halogens is 1. The van der Waals surface area contributed by atoms with Crippen LogP contribution in [-0.2, 0) is 6.42 Å². The molecule has 0 saturated heterocycles. The molecule has 0 unspecified atom stereocenters. The van der Waals surface area contributed by atoms with Crippen LogP contribution in [0.5, 0.6) is 5.75 Å². The largest absolute Gasteiger partial charge is 0.495 e. The van der Waals surface area contributed by atoms with E-state index in [1.165, 1.54) is 0 Å². The lowest BCUT2D eigenvalue weighted by Gasteiger charge is -2.08. The van der Waals surface area contributed by atoms with Crippen molar-refractivity contribution in [3.05, 3.63) is 39.2 Å². The monoisotopic (exact) mass is 211 g/mol. The first-order valence-electron chi connectivity index (χ1n) is 4.12. The van der Waals surface area contributed by atoms with Gasteiger partial charge in [-0.15, -0.1) is 0 Å². The molecule has 0 atom stereocenters. The van der Waals surface area contributed by atoms with Gasteiger partial charge in [0.2, 0.25) is 0 Å². The second kappa shape index (κ2) is 5.37. The average molecular weight is 212 g/mol. The number of azide groups is 1. The summed E-state index contributed by atoms with van der Waals surface area (Å²) in [7, 11) is 1.57. The lowest BCUT2D eigenvalue weighted by atomic mass is 10.1. The molecule has 14 heavy (non-hydrogen) atoms. The second-order valence-electron chi connectivity index (χ2n) is 2.64. The average Bonchev–Trinajstić information content (AvgIpc) is 2.18. The number of nitrogens with zero attached hydrogens (tertiary/aromatic N) is 3. The van der Waals surface area contributed by atoms with Gasteiger partial charge in [0.1, 0.15) is 5.75 Å². The van der Waals surface area contributed by atoms with Gasteiger partial charge in [0.15, 0.2) is 0 Å². The highest BCUT2D eigenvalue weighted by Gasteiger charge is 2.05. The van der Waals surface area contributed by atoms with Gasteiger partial charge in [0.25, 0.3) is 0 Å². The highest BCUT2D eigenvalue weighted by molar-refractivity contribution is 6.32. The van der Waals surface area contributed by atoms with Crippen LogP contribution in [0.1, 0.15) is 5.56 Å². The standard InChI is InChI=1S/C9H10ClN3O/c1-14-9-7(5-6-12-13-11)3-2-4-8(9)10/h2-4H,5-6H2,1H3. The molecule has 0 heterocycles. The van der Waals surface area contributed by atoms with Crippen LogP contribution in [0.25, 0.3) is 10.4 Å². The van der Waals surface area contributed by atoms with Gasteiger partial charge in [0.05, 0.1) is 12.1 Å². The molecule has 0 bridgehead atoms. The zero-order chi connectivity index (χ0) is 10.4. The predicted molar refractivity (Wildman–Crippen MR) is 55.7 cm³/mol. The molecule has 74 valence electrons. The zero-order valence-corrected chi connectivity index (χ0v) is 8.53. The molecule has 0 N–H and O–H groups in total. The summed E-state index contributed by atoms with van der Waals surface area (Å²) in [4.78, 5) is 2.68. The second-order valence-corrected chi connectivity index (χ2v) is 3.04. The molecule has 0 aliphatic carbocycles. The quantitative estimate of drug-likeness (QED) is 0.429. The van der Waals surface area contributed by atoms with Crippen LogP contribution in [0, 0.1) is 0 Å². The summed E-state index contributed by atoms with van der Waals surface area (Å²) in [6.07, 6.45) is 0.633. The Hall–Kier alpha value is -1.38. The minimum Gasteiger partial charge on any atom is -0.495 e. The van der Waals surface area contributed by atoms with Gasteiger partial charge in [-0.2, -0.15) is 0 Å². The molecule has 0 fully saturated rings. The summed E-state index contributed by atoms with van der Waals surface area (Å²) in [5, 5.41) is 4.03. The number of hydrogen-bond donors (Lipinski definition) is 0. The Labute approximate surface area is 87.1 Å². The topological polar surface area (TPSA) is 58.0 Å². The molecule has 1 aromatic carbocycles. The van der Waals surface area contributed by atoms with Crippen molar-refractivity contribution in [3.63, 3.8) is 0 Å². The van der Waals surface area contributed by atoms with Crippen molar-refractivity contribution in [1.29, 1.82) is 0 Å². The first-order valence-corrected chi connectivity index (χ1v) is 4.49. The Kier molecular flexibility index (Phi) is 4.11. The van der Waals surface area contributed by atoms with Gasteiger partial charge in [-0.3, -0.25) is 0 Å². The number of para-hydroxylation sites is 1. The normalized spacial score (nSPS) is 9.29. The minimum absolute atomic E-state index is 0.410. The lowest BCUT2D eigenvalue weighted by Crippen LogP contribution is -1.94. The maximum absolute atomic E-state index is 8.13. The number of hydrogen-bond acceptors (Lipinski definition) is 2. The first-order chi connectivity index (χ1) is 6.79. The van der Waals surface area contributed by atoms with E-state index in [1.807, 2.05) is 12.1 Å². The Bertz CT molecular complexity index is 361. The molecular weight excluding hydrogens is 202 g/mol. The van der Waals surface area contributed by atoms with Crippen molar-refractivity contribution in [2.75, 3.05) is 13.7 Å². The number of benzene rings is 1. The van der Waals surface area contributed by atoms with E-state index in [1.54, 1.807) is 13.2 Å². The number of ether oxygens (including phenoxy) is 1. The van der Waals surface area contributed by atoms with Crippen LogP contribution in [0.15, 0.2) is 23.3 Å². The van der Waals surface area contributed by atoms with Crippen molar-refractivity contribution in [1.82, 2.24) is 0 Å². The van der Waals surface area contributed by atoms with E-state index in [0.717, 1.165) is 5.56 Å². The maximum atomic E-state index is 8.13. The summed E-state index contributed by atoms with van der Waals surface area (Å²) < 4.78 is 5.14. The molecule has 1 rings (SSSR count). The van der Waals surface area contributed by atoms with Crippen LogP contribution in [0.2, 0.25) is 5.02 Å². The van der Waals surface area contributed by atoms with Crippen LogP contribution < -0.4 is 4.74 Å². The van der Waals surface area contributed by atoms with Crippen molar-refractivity contribution in [3.8, 4) is 5.75 Å². The van der Waals surface area contributed by atoms with Crippen LogP contribution in [0.3, 0.4) is 0 Å². The molecule has 0 aromatic heterocycles. The summed E-state index contributed by atoms with van der Waals surface area (Å²) in [5.41, 5.74) is 9.08. The van der Waals surface area contributed by atoms with E-state index < -0.39 is 0 Å². The molecule has 5 heteroatoms. The third-order valence-electron chi connectivity index (χ3n) is 1.80. The van der Waals surface area contributed by atoms with E-state index in [-0.39, 0.29) is 0 Å². The molecule has 0 radical (unpaired) electrons. The molecule has 0 aliphatic rings. The fourth-order valence-electron chi connectivity index (χ4n) is 1.19. The van der Waals surface area contributed by atoms with Gasteiger partial charge < -0.3 is 4.74 Å². The molecule has 1 aromatic rings. The van der Waals surface area contributed by atoms with E-state index in [2.05, 4.69) is 10.0 Å². The molecular formula is C9H10ClN3O. The van der Waals surface area contributed by atoms with Crippen molar-refractivity contribution in [2.24, 2.45) is 5.11 Å². The highest BCUT2D eigenvalue weighted by Crippen LogP contribution is 2.28. The van der Waals surface area contributed by atoms with Gasteiger partial charge >= 0.3 is 0 Å². The van der Waals surface area contributed by atoms with Gasteiger partial charge in [-0.25, -0.2) is 0 Å². The summed E-state index contributed by atoms with van der Waals surface area (Å²) in [6.45, 7) is 0.410. The van der Waals surface area contributed by atoms with Crippen LogP contribution in [0.4, 0.5) is 0 Å². The Balaban J connectivity index is 2.84. The Morgan fingerprint density at radius 2 is 2.36 bits per heavy atom. The van der Waals surface area contributed by atoms with E-state index in [4.69, 9.17) is 21.9 Å². The smallest absolute Gasteiger partial charge is 0.140 e. The summed E-state index contributed by atoms with van der Waals surface area (Å²) in [6, 6.07) is 5.51. The van der Waals surface area contributed by atoms with Crippen LogP contribution in [-0.4, -0.2) is 13.7 Å². The summed E-state index contributed by atoms with van der Waals surface area (Å²) >= 11 is 5.91. The maximum Gasteiger partial charge on any atom is 0.140 e. The Morgan fingerprint density at radius 1 is 1.57 bits per heavy atom. The first kappa shape index (κ1) is 10.7. The van der Waals surface area contributed by atoms with Crippen molar-refractivity contribution in [2.45, 2.75) is 6.42 Å². The Morgan fingerprint density at radius 3 is 3.00 bits per heavy atom. The van der Waals surface area contributed by atoms with Crippen LogP contribution >= 0.6 is 11.6 Å². The molecule has 4 nitrogen and oxygen atoms in total. The fraction of sp³-hybridized carbons (Fsp3) is 0.333. The lowest BCUT2D eigenvalue weighted by molar-refractivity contribution is 0.410. The van der Waals surface area contributed by atoms with E-state index in [9.17, 15) is 0 Å². The van der Waals surface area contributed by atoms with Gasteiger partial charge in [0, 0.05) is 11.5 Å². The molecule has 0 saturated carbocycles. The molecule has 0 spiro atoms. The van der Waals surface area contributed by atoms with E-state index in [0.29, 0.717) is 23.7 Å². The van der Waals surface area contributed by atoms with Gasteiger partial charge in [-0.1, -0.05) is 28.8 Å². The van der Waals surface area contributed by atoms with Gasteiger partial charge in [-0.05, 0) is 23.6 Å². The minimum atomic E-state index is 0.410. The number of rotatable bonds is 4. The third kappa shape index (κ3) is 2.55.